The zero-order valence-electron chi connectivity index (χ0n) is 19.0. The van der Waals surface area contributed by atoms with Crippen molar-refractivity contribution in [2.75, 3.05) is 32.2 Å². The number of hydrogen-bond acceptors (Lipinski definition) is 9. The molecular formula is C23H25ClN6O5. The fourth-order valence-electron chi connectivity index (χ4n) is 4.61. The Morgan fingerprint density at radius 3 is 2.97 bits per heavy atom. The molecule has 35 heavy (non-hydrogen) atoms. The Morgan fingerprint density at radius 2 is 2.09 bits per heavy atom. The molecule has 0 amide bonds. The fraction of sp³-hybridized carbons (Fsp3) is 0.435. The maximum Gasteiger partial charge on any atom is 0.296 e. The van der Waals surface area contributed by atoms with E-state index in [4.69, 9.17) is 35.6 Å². The largest absolute Gasteiger partial charge is 0.456 e. The van der Waals surface area contributed by atoms with E-state index in [2.05, 4.69) is 20.3 Å². The van der Waals surface area contributed by atoms with Crippen molar-refractivity contribution in [2.24, 2.45) is 0 Å². The molecule has 6 rings (SSSR count). The normalized spacial score (nSPS) is 23.9. The van der Waals surface area contributed by atoms with E-state index in [9.17, 15) is 5.11 Å². The number of anilines is 1. The van der Waals surface area contributed by atoms with Crippen LogP contribution in [0.2, 0.25) is 5.02 Å². The third kappa shape index (κ3) is 4.19. The van der Waals surface area contributed by atoms with Crippen LogP contribution in [0.3, 0.4) is 0 Å². The molecule has 2 fully saturated rings. The first-order valence-corrected chi connectivity index (χ1v) is 11.8. The molecule has 2 aliphatic rings. The molecule has 0 unspecified atom stereocenters. The zero-order valence-corrected chi connectivity index (χ0v) is 19.7. The van der Waals surface area contributed by atoms with E-state index in [1.54, 1.807) is 13.2 Å². The average Bonchev–Trinajstić information content (AvgIpc) is 3.61. The number of para-hydroxylation sites is 1. The van der Waals surface area contributed by atoms with Gasteiger partial charge in [-0.25, -0.2) is 4.98 Å². The summed E-state index contributed by atoms with van der Waals surface area (Å²) in [6.07, 6.45) is -1.71. The second-order valence-corrected chi connectivity index (χ2v) is 8.99. The lowest BCUT2D eigenvalue weighted by Gasteiger charge is -2.15. The predicted molar refractivity (Wildman–Crippen MR) is 128 cm³/mol. The Bertz CT molecular complexity index is 1360. The van der Waals surface area contributed by atoms with E-state index in [1.807, 2.05) is 28.9 Å². The van der Waals surface area contributed by atoms with Crippen LogP contribution in [0.15, 0.2) is 30.3 Å². The van der Waals surface area contributed by atoms with Gasteiger partial charge in [-0.15, -0.1) is 0 Å². The summed E-state index contributed by atoms with van der Waals surface area (Å²) >= 11 is 6.51. The van der Waals surface area contributed by atoms with Gasteiger partial charge in [-0.2, -0.15) is 10.1 Å². The van der Waals surface area contributed by atoms with Crippen LogP contribution in [0, 0.1) is 0 Å². The number of aromatic amines is 1. The standard InChI is InChI=1S/C23H25ClN6O5/c1-32-7-6-30-16-5-3-2-4-12(16)15(29-30)9-25-21-13(24)8-14-22(27-21)28-23(26-14)35-18-11-34-19-17(31)10-33-20(18)19/h2-5,8,17-20,31H,6-7,9-11H2,1H3,(H2,25,26,27,28)/t17-,18-,19-,20-/m1/s1. The minimum Gasteiger partial charge on any atom is -0.456 e. The predicted octanol–water partition coefficient (Wildman–Crippen LogP) is 2.13. The molecule has 3 N–H and O–H groups in total. The van der Waals surface area contributed by atoms with Gasteiger partial charge in [0.15, 0.2) is 11.8 Å². The SMILES string of the molecule is COCCn1nc(CNc2nc3nc(O[C@@H]4CO[C@H]5[C@@H]4OC[C@H]5O)[nH]c3cc2Cl)c2ccccc21. The minimum absolute atomic E-state index is 0.238. The summed E-state index contributed by atoms with van der Waals surface area (Å²) in [5.74, 6) is 0.499. The van der Waals surface area contributed by atoms with Crippen LogP contribution in [0.25, 0.3) is 22.1 Å². The Labute approximate surface area is 205 Å². The van der Waals surface area contributed by atoms with Crippen molar-refractivity contribution in [3.8, 4) is 6.01 Å². The molecule has 0 aliphatic carbocycles. The minimum atomic E-state index is -0.637. The Morgan fingerprint density at radius 1 is 1.23 bits per heavy atom. The van der Waals surface area contributed by atoms with E-state index in [0.717, 1.165) is 16.6 Å². The molecule has 2 aliphatic heterocycles. The Balaban J connectivity index is 1.19. The third-order valence-corrected chi connectivity index (χ3v) is 6.60. The van der Waals surface area contributed by atoms with Crippen molar-refractivity contribution in [1.29, 1.82) is 0 Å². The van der Waals surface area contributed by atoms with Crippen molar-refractivity contribution >= 4 is 39.5 Å². The average molecular weight is 501 g/mol. The number of benzene rings is 1. The van der Waals surface area contributed by atoms with Gasteiger partial charge in [0.1, 0.15) is 24.1 Å². The van der Waals surface area contributed by atoms with Crippen LogP contribution in [0.4, 0.5) is 5.82 Å². The molecule has 0 bridgehead atoms. The quantitative estimate of drug-likeness (QED) is 0.333. The van der Waals surface area contributed by atoms with Crippen LogP contribution >= 0.6 is 11.6 Å². The number of imidazole rings is 1. The number of fused-ring (bicyclic) bond motifs is 3. The number of hydrogen-bond donors (Lipinski definition) is 3. The van der Waals surface area contributed by atoms with Gasteiger partial charge in [-0.1, -0.05) is 29.8 Å². The van der Waals surface area contributed by atoms with Gasteiger partial charge in [0.05, 0.1) is 54.7 Å². The van der Waals surface area contributed by atoms with Crippen molar-refractivity contribution in [3.05, 3.63) is 41.0 Å². The second kappa shape index (κ2) is 9.25. The number of H-pyrrole nitrogens is 1. The summed E-state index contributed by atoms with van der Waals surface area (Å²) < 4.78 is 24.3. The van der Waals surface area contributed by atoms with Gasteiger partial charge < -0.3 is 34.4 Å². The summed E-state index contributed by atoms with van der Waals surface area (Å²) in [5, 5.41) is 19.5. The highest BCUT2D eigenvalue weighted by Gasteiger charge is 2.48. The van der Waals surface area contributed by atoms with Crippen LogP contribution in [0.1, 0.15) is 5.69 Å². The van der Waals surface area contributed by atoms with Crippen molar-refractivity contribution < 1.29 is 24.1 Å². The summed E-state index contributed by atoms with van der Waals surface area (Å²) in [6, 6.07) is 10.1. The van der Waals surface area contributed by atoms with Gasteiger partial charge >= 0.3 is 0 Å². The lowest BCUT2D eigenvalue weighted by Crippen LogP contribution is -2.34. The van der Waals surface area contributed by atoms with Gasteiger partial charge in [0.25, 0.3) is 6.01 Å². The van der Waals surface area contributed by atoms with E-state index in [0.29, 0.717) is 54.3 Å². The van der Waals surface area contributed by atoms with E-state index < -0.39 is 6.10 Å². The number of aromatic nitrogens is 5. The van der Waals surface area contributed by atoms with Crippen molar-refractivity contribution in [1.82, 2.24) is 24.7 Å². The number of nitrogens with one attached hydrogen (secondary N) is 2. The summed E-state index contributed by atoms with van der Waals surface area (Å²) in [5.41, 5.74) is 3.04. The van der Waals surface area contributed by atoms with E-state index in [-0.39, 0.29) is 24.9 Å². The van der Waals surface area contributed by atoms with Crippen molar-refractivity contribution in [3.63, 3.8) is 0 Å². The molecule has 3 aromatic heterocycles. The molecule has 0 radical (unpaired) electrons. The lowest BCUT2D eigenvalue weighted by molar-refractivity contribution is 0.00706. The number of nitrogens with zero attached hydrogens (tertiary/aromatic N) is 4. The maximum absolute atomic E-state index is 9.92. The number of aliphatic hydroxyl groups is 1. The van der Waals surface area contributed by atoms with Crippen LogP contribution in [-0.2, 0) is 27.3 Å². The number of ether oxygens (including phenoxy) is 4. The third-order valence-electron chi connectivity index (χ3n) is 6.31. The number of rotatable bonds is 8. The summed E-state index contributed by atoms with van der Waals surface area (Å²) in [7, 11) is 1.68. The number of halogens is 1. The Kier molecular flexibility index (Phi) is 5.94. The first-order chi connectivity index (χ1) is 17.1. The molecule has 0 spiro atoms. The topological polar surface area (TPSA) is 129 Å². The molecule has 11 nitrogen and oxygen atoms in total. The van der Waals surface area contributed by atoms with Crippen LogP contribution in [-0.4, -0.2) is 81.2 Å². The Hall–Kier alpha value is -2.96. The molecule has 4 atom stereocenters. The number of methoxy groups -OCH3 is 1. The molecule has 184 valence electrons. The summed E-state index contributed by atoms with van der Waals surface area (Å²) in [6.45, 7) is 2.23. The highest BCUT2D eigenvalue weighted by atomic mass is 35.5. The highest BCUT2D eigenvalue weighted by molar-refractivity contribution is 6.33. The molecular weight excluding hydrogens is 476 g/mol. The van der Waals surface area contributed by atoms with E-state index >= 15 is 0 Å². The highest BCUT2D eigenvalue weighted by Crippen LogP contribution is 2.31. The van der Waals surface area contributed by atoms with Gasteiger partial charge in [0.2, 0.25) is 0 Å². The molecule has 1 aromatic carbocycles. The number of aliphatic hydroxyl groups excluding tert-OH is 1. The van der Waals surface area contributed by atoms with Crippen LogP contribution in [0.5, 0.6) is 6.01 Å². The second-order valence-electron chi connectivity index (χ2n) is 8.58. The molecule has 5 heterocycles. The monoisotopic (exact) mass is 500 g/mol. The first kappa shape index (κ1) is 22.5. The van der Waals surface area contributed by atoms with Gasteiger partial charge in [-0.05, 0) is 12.1 Å². The fourth-order valence-corrected chi connectivity index (χ4v) is 4.82. The maximum atomic E-state index is 9.92. The summed E-state index contributed by atoms with van der Waals surface area (Å²) in [4.78, 5) is 12.1. The smallest absolute Gasteiger partial charge is 0.296 e. The van der Waals surface area contributed by atoms with Crippen molar-refractivity contribution in [2.45, 2.75) is 37.5 Å². The lowest BCUT2D eigenvalue weighted by atomic mass is 10.1. The van der Waals surface area contributed by atoms with E-state index in [1.165, 1.54) is 0 Å². The van der Waals surface area contributed by atoms with Gasteiger partial charge in [0, 0.05) is 12.5 Å². The number of pyridine rings is 1. The van der Waals surface area contributed by atoms with Gasteiger partial charge in [-0.3, -0.25) is 4.68 Å². The molecule has 2 saturated heterocycles. The first-order valence-electron chi connectivity index (χ1n) is 11.4. The zero-order chi connectivity index (χ0) is 23.9. The van der Waals surface area contributed by atoms with Crippen LogP contribution < -0.4 is 10.1 Å². The molecule has 0 saturated carbocycles. The molecule has 4 aromatic rings. The molecule has 12 heteroatoms.